The molecule has 182 valence electrons. The van der Waals surface area contributed by atoms with Gasteiger partial charge in [0.1, 0.15) is 12.7 Å². The Morgan fingerprint density at radius 2 is 1.38 bits per heavy atom. The molecule has 34 heavy (non-hydrogen) atoms. The highest BCUT2D eigenvalue weighted by molar-refractivity contribution is 6.32. The Kier molecular flexibility index (Phi) is 9.23. The molecule has 0 saturated heterocycles. The number of para-hydroxylation sites is 2. The lowest BCUT2D eigenvalue weighted by atomic mass is 9.76. The van der Waals surface area contributed by atoms with Crippen LogP contribution in [-0.4, -0.2) is 56.5 Å². The zero-order valence-electron chi connectivity index (χ0n) is 20.0. The molecule has 2 atom stereocenters. The monoisotopic (exact) mass is 502 g/mol. The Morgan fingerprint density at radius 3 is 1.88 bits per heavy atom. The van der Waals surface area contributed by atoms with Gasteiger partial charge in [-0.05, 0) is 56.4 Å². The number of hydrogen-bond acceptors (Lipinski definition) is 5. The van der Waals surface area contributed by atoms with Crippen molar-refractivity contribution in [3.63, 3.8) is 0 Å². The first-order valence-corrected chi connectivity index (χ1v) is 11.9. The van der Waals surface area contributed by atoms with Gasteiger partial charge in [-0.15, -0.1) is 0 Å². The summed E-state index contributed by atoms with van der Waals surface area (Å²) in [4.78, 5) is 2.12. The summed E-state index contributed by atoms with van der Waals surface area (Å²) in [5.74, 6) is 1.21. The first-order chi connectivity index (χ1) is 16.3. The van der Waals surface area contributed by atoms with Crippen LogP contribution in [-0.2, 0) is 5.54 Å². The number of benzene rings is 3. The number of nitrogens with one attached hydrogen (secondary N) is 1. The van der Waals surface area contributed by atoms with Crippen LogP contribution >= 0.6 is 23.2 Å². The minimum atomic E-state index is -0.746. The van der Waals surface area contributed by atoms with Crippen molar-refractivity contribution in [2.24, 2.45) is 0 Å². The van der Waals surface area contributed by atoms with Gasteiger partial charge in [-0.3, -0.25) is 4.90 Å². The largest absolute Gasteiger partial charge is 0.493 e. The van der Waals surface area contributed by atoms with Crippen LogP contribution in [0.2, 0.25) is 10.0 Å². The van der Waals surface area contributed by atoms with Crippen LogP contribution in [0.1, 0.15) is 18.1 Å². The van der Waals surface area contributed by atoms with E-state index in [-0.39, 0.29) is 12.6 Å². The fourth-order valence-electron chi connectivity index (χ4n) is 4.46. The molecule has 0 saturated carbocycles. The molecule has 0 aromatic heterocycles. The minimum Gasteiger partial charge on any atom is -0.493 e. The number of methoxy groups -OCH3 is 1. The first kappa shape index (κ1) is 26.3. The van der Waals surface area contributed by atoms with Gasteiger partial charge in [0.2, 0.25) is 0 Å². The van der Waals surface area contributed by atoms with Gasteiger partial charge in [0.15, 0.2) is 11.5 Å². The molecule has 0 bridgehead atoms. The van der Waals surface area contributed by atoms with Crippen molar-refractivity contribution in [3.05, 3.63) is 94.0 Å². The van der Waals surface area contributed by atoms with E-state index in [0.29, 0.717) is 28.1 Å². The topological polar surface area (TPSA) is 54.0 Å². The van der Waals surface area contributed by atoms with E-state index in [1.165, 1.54) is 0 Å². The summed E-state index contributed by atoms with van der Waals surface area (Å²) < 4.78 is 11.1. The summed E-state index contributed by atoms with van der Waals surface area (Å²) in [7, 11) is 5.60. The maximum atomic E-state index is 10.7. The second-order valence-electron chi connectivity index (χ2n) is 8.37. The molecule has 2 unspecified atom stereocenters. The molecular formula is C27H32Cl2N2O3. The second-order valence-corrected chi connectivity index (χ2v) is 9.18. The van der Waals surface area contributed by atoms with Crippen molar-refractivity contribution in [1.29, 1.82) is 0 Å². The lowest BCUT2D eigenvalue weighted by Crippen LogP contribution is -2.57. The molecule has 7 heteroatoms. The van der Waals surface area contributed by atoms with Crippen LogP contribution in [0.4, 0.5) is 0 Å². The van der Waals surface area contributed by atoms with Crippen molar-refractivity contribution in [2.75, 3.05) is 34.4 Å². The molecule has 0 spiro atoms. The van der Waals surface area contributed by atoms with Crippen LogP contribution in [0.15, 0.2) is 72.8 Å². The van der Waals surface area contributed by atoms with Gasteiger partial charge in [0, 0.05) is 22.6 Å². The molecule has 3 aromatic carbocycles. The zero-order valence-corrected chi connectivity index (χ0v) is 21.5. The standard InChI is InChI=1S/C27H32Cl2N2O3/c1-19(30-17-20(32)18-34-26-16-10-9-15-25(26)33-4)27(31(2)3,21-11-5-7-13-23(21)28)22-12-6-8-14-24(22)29/h5-16,19-20,30,32H,17-18H2,1-4H3. The summed E-state index contributed by atoms with van der Waals surface area (Å²) in [5.41, 5.74) is 1.16. The van der Waals surface area contributed by atoms with Crippen LogP contribution < -0.4 is 14.8 Å². The van der Waals surface area contributed by atoms with E-state index in [9.17, 15) is 5.11 Å². The number of rotatable bonds is 11. The van der Waals surface area contributed by atoms with E-state index in [1.54, 1.807) is 7.11 Å². The van der Waals surface area contributed by atoms with Crippen LogP contribution in [0.25, 0.3) is 0 Å². The molecule has 0 amide bonds. The molecule has 0 radical (unpaired) electrons. The quantitative estimate of drug-likeness (QED) is 0.376. The Balaban J connectivity index is 1.85. The maximum Gasteiger partial charge on any atom is 0.161 e. The van der Waals surface area contributed by atoms with Crippen molar-refractivity contribution in [1.82, 2.24) is 10.2 Å². The smallest absolute Gasteiger partial charge is 0.161 e. The molecule has 3 rings (SSSR count). The van der Waals surface area contributed by atoms with Crippen LogP contribution in [0.5, 0.6) is 11.5 Å². The van der Waals surface area contributed by atoms with E-state index in [0.717, 1.165) is 11.1 Å². The molecule has 0 fully saturated rings. The Hall–Kier alpha value is -2.28. The van der Waals surface area contributed by atoms with Gasteiger partial charge in [-0.1, -0.05) is 71.7 Å². The highest BCUT2D eigenvalue weighted by Crippen LogP contribution is 2.43. The van der Waals surface area contributed by atoms with Gasteiger partial charge in [-0.2, -0.15) is 0 Å². The number of hydrogen-bond donors (Lipinski definition) is 2. The molecule has 0 heterocycles. The third-order valence-electron chi connectivity index (χ3n) is 6.06. The average Bonchev–Trinajstić information content (AvgIpc) is 2.84. The van der Waals surface area contributed by atoms with Crippen LogP contribution in [0.3, 0.4) is 0 Å². The van der Waals surface area contributed by atoms with Gasteiger partial charge < -0.3 is 19.9 Å². The molecule has 0 aliphatic rings. The summed E-state index contributed by atoms with van der Waals surface area (Å²) in [6.07, 6.45) is -0.746. The molecule has 5 nitrogen and oxygen atoms in total. The van der Waals surface area contributed by atoms with Gasteiger partial charge in [0.25, 0.3) is 0 Å². The van der Waals surface area contributed by atoms with Crippen molar-refractivity contribution in [3.8, 4) is 11.5 Å². The van der Waals surface area contributed by atoms with E-state index >= 15 is 0 Å². The number of ether oxygens (including phenoxy) is 2. The van der Waals surface area contributed by atoms with Gasteiger partial charge in [0.05, 0.1) is 12.6 Å². The van der Waals surface area contributed by atoms with E-state index in [4.69, 9.17) is 32.7 Å². The van der Waals surface area contributed by atoms with E-state index < -0.39 is 11.6 Å². The predicted octanol–water partition coefficient (Wildman–Crippen LogP) is 5.23. The highest BCUT2D eigenvalue weighted by atomic mass is 35.5. The normalized spacial score (nSPS) is 13.5. The highest BCUT2D eigenvalue weighted by Gasteiger charge is 2.44. The lowest BCUT2D eigenvalue weighted by Gasteiger charge is -2.47. The van der Waals surface area contributed by atoms with Crippen molar-refractivity contribution >= 4 is 23.2 Å². The van der Waals surface area contributed by atoms with Crippen molar-refractivity contribution < 1.29 is 14.6 Å². The minimum absolute atomic E-state index is 0.118. The summed E-state index contributed by atoms with van der Waals surface area (Å²) >= 11 is 13.5. The molecule has 3 aromatic rings. The number of nitrogens with zero attached hydrogens (tertiary/aromatic N) is 1. The van der Waals surface area contributed by atoms with E-state index in [2.05, 4.69) is 17.1 Å². The zero-order chi connectivity index (χ0) is 24.7. The average molecular weight is 503 g/mol. The number of aliphatic hydroxyl groups excluding tert-OH is 1. The first-order valence-electron chi connectivity index (χ1n) is 11.2. The Labute approximate surface area is 212 Å². The molecule has 0 aliphatic carbocycles. The van der Waals surface area contributed by atoms with Crippen LogP contribution in [0, 0.1) is 0 Å². The Morgan fingerprint density at radius 1 is 0.882 bits per heavy atom. The predicted molar refractivity (Wildman–Crippen MR) is 139 cm³/mol. The Bertz CT molecular complexity index is 1030. The molecule has 2 N–H and O–H groups in total. The summed E-state index contributed by atoms with van der Waals surface area (Å²) in [5, 5.41) is 15.5. The molecule has 0 aliphatic heterocycles. The summed E-state index contributed by atoms with van der Waals surface area (Å²) in [6.45, 7) is 2.49. The van der Waals surface area contributed by atoms with Gasteiger partial charge >= 0.3 is 0 Å². The number of halogens is 2. The third-order valence-corrected chi connectivity index (χ3v) is 6.72. The maximum absolute atomic E-state index is 10.7. The summed E-state index contributed by atoms with van der Waals surface area (Å²) in [6, 6.07) is 22.8. The van der Waals surface area contributed by atoms with E-state index in [1.807, 2.05) is 86.9 Å². The fraction of sp³-hybridized carbons (Fsp3) is 0.333. The SMILES string of the molecule is COc1ccccc1OCC(O)CNC(C)C(c1ccccc1Cl)(c1ccccc1Cl)N(C)C. The van der Waals surface area contributed by atoms with Crippen molar-refractivity contribution in [2.45, 2.75) is 24.6 Å². The number of aliphatic hydroxyl groups is 1. The lowest BCUT2D eigenvalue weighted by molar-refractivity contribution is 0.0878. The van der Waals surface area contributed by atoms with Gasteiger partial charge in [-0.25, -0.2) is 0 Å². The second kappa shape index (κ2) is 11.9. The molecular weight excluding hydrogens is 471 g/mol. The number of likely N-dealkylation sites (N-methyl/N-ethyl adjacent to an activating group) is 1. The third kappa shape index (κ3) is 5.51. The fourth-order valence-corrected chi connectivity index (χ4v) is 5.02.